The number of hydrogen-bond acceptors (Lipinski definition) is 4. The van der Waals surface area contributed by atoms with Crippen LogP contribution in [0.5, 0.6) is 0 Å². The topological polar surface area (TPSA) is 67.9 Å². The normalized spacial score (nSPS) is 9.82. The van der Waals surface area contributed by atoms with Gasteiger partial charge in [0.25, 0.3) is 6.41 Å². The van der Waals surface area contributed by atoms with Gasteiger partial charge in [0.2, 0.25) is 0 Å². The summed E-state index contributed by atoms with van der Waals surface area (Å²) in [4.78, 5) is 27.6. The summed E-state index contributed by atoms with van der Waals surface area (Å²) >= 11 is 0. The maximum absolute atomic E-state index is 11.6. The molecular weight excluding hydrogens is 284 g/mol. The molecule has 2 aromatic rings. The number of rotatable bonds is 7. The van der Waals surface area contributed by atoms with Crippen LogP contribution in [0, 0.1) is 0 Å². The zero-order valence-electron chi connectivity index (χ0n) is 11.8. The smallest absolute Gasteiger partial charge is 0.428 e. The number of nitrogens with one attached hydrogen (secondary N) is 1. The van der Waals surface area contributed by atoms with E-state index in [-0.39, 0.29) is 13.2 Å². The minimum Gasteiger partial charge on any atom is -0.443 e. The number of hydroxylamine groups is 1. The van der Waals surface area contributed by atoms with Crippen LogP contribution < -0.4 is 5.43 Å². The van der Waals surface area contributed by atoms with Gasteiger partial charge in [0.1, 0.15) is 13.2 Å². The molecule has 0 aliphatic carbocycles. The van der Waals surface area contributed by atoms with Crippen molar-refractivity contribution in [2.45, 2.75) is 13.2 Å². The number of benzene rings is 2. The molecule has 0 saturated carbocycles. The third-order valence-electron chi connectivity index (χ3n) is 2.72. The lowest BCUT2D eigenvalue weighted by atomic mass is 10.2. The van der Waals surface area contributed by atoms with Crippen LogP contribution in [0.15, 0.2) is 60.7 Å². The molecule has 2 rings (SSSR count). The molecule has 22 heavy (non-hydrogen) atoms. The average Bonchev–Trinajstić information content (AvgIpc) is 2.58. The van der Waals surface area contributed by atoms with Crippen LogP contribution in [0.1, 0.15) is 11.1 Å². The van der Waals surface area contributed by atoms with Crippen molar-refractivity contribution in [3.63, 3.8) is 0 Å². The van der Waals surface area contributed by atoms with Gasteiger partial charge in [0.05, 0.1) is 0 Å². The van der Waals surface area contributed by atoms with E-state index in [4.69, 9.17) is 9.57 Å². The molecule has 0 aliphatic rings. The number of hydrazine groups is 1. The summed E-state index contributed by atoms with van der Waals surface area (Å²) in [5.74, 6) is 0. The Morgan fingerprint density at radius 3 is 2.05 bits per heavy atom. The van der Waals surface area contributed by atoms with Gasteiger partial charge in [0.15, 0.2) is 0 Å². The highest BCUT2D eigenvalue weighted by atomic mass is 16.7. The van der Waals surface area contributed by atoms with Crippen molar-refractivity contribution in [1.82, 2.24) is 10.6 Å². The number of hydrogen-bond donors (Lipinski definition) is 1. The van der Waals surface area contributed by atoms with Crippen LogP contribution in [0.2, 0.25) is 0 Å². The van der Waals surface area contributed by atoms with E-state index < -0.39 is 6.09 Å². The van der Waals surface area contributed by atoms with Gasteiger partial charge in [-0.15, -0.1) is 5.17 Å². The lowest BCUT2D eigenvalue weighted by molar-refractivity contribution is -0.194. The quantitative estimate of drug-likeness (QED) is 0.630. The first-order valence-electron chi connectivity index (χ1n) is 6.66. The van der Waals surface area contributed by atoms with Crippen molar-refractivity contribution in [3.05, 3.63) is 71.8 Å². The average molecular weight is 300 g/mol. The Balaban J connectivity index is 1.74. The highest BCUT2D eigenvalue weighted by Gasteiger charge is 2.09. The zero-order chi connectivity index (χ0) is 15.6. The van der Waals surface area contributed by atoms with Crippen molar-refractivity contribution in [3.8, 4) is 0 Å². The Morgan fingerprint density at radius 1 is 0.955 bits per heavy atom. The monoisotopic (exact) mass is 300 g/mol. The van der Waals surface area contributed by atoms with E-state index in [9.17, 15) is 9.59 Å². The molecule has 2 aromatic carbocycles. The van der Waals surface area contributed by atoms with Gasteiger partial charge in [0, 0.05) is 0 Å². The predicted molar refractivity (Wildman–Crippen MR) is 78.9 cm³/mol. The van der Waals surface area contributed by atoms with E-state index in [1.165, 1.54) is 0 Å². The Labute approximate surface area is 128 Å². The molecule has 0 radical (unpaired) electrons. The SMILES string of the molecule is O=CN(NC(=O)OCc1ccccc1)OCc1ccccc1. The van der Waals surface area contributed by atoms with Crippen LogP contribution in [-0.4, -0.2) is 17.7 Å². The summed E-state index contributed by atoms with van der Waals surface area (Å²) in [6.07, 6.45) is -0.420. The molecule has 2 amide bonds. The Morgan fingerprint density at radius 2 is 1.50 bits per heavy atom. The van der Waals surface area contributed by atoms with Crippen molar-refractivity contribution < 1.29 is 19.2 Å². The van der Waals surface area contributed by atoms with E-state index in [1.807, 2.05) is 60.7 Å². The molecule has 0 aliphatic heterocycles. The first kappa shape index (κ1) is 15.5. The second-order valence-electron chi connectivity index (χ2n) is 4.36. The molecule has 0 saturated heterocycles. The zero-order valence-corrected chi connectivity index (χ0v) is 11.8. The molecule has 0 bridgehead atoms. The van der Waals surface area contributed by atoms with E-state index in [0.29, 0.717) is 11.6 Å². The molecule has 114 valence electrons. The first-order chi connectivity index (χ1) is 10.8. The van der Waals surface area contributed by atoms with E-state index >= 15 is 0 Å². The fourth-order valence-electron chi connectivity index (χ4n) is 1.65. The van der Waals surface area contributed by atoms with Gasteiger partial charge in [-0.1, -0.05) is 60.7 Å². The summed E-state index contributed by atoms with van der Waals surface area (Å²) in [6, 6.07) is 18.5. The molecule has 6 heteroatoms. The second kappa shape index (κ2) is 8.43. The van der Waals surface area contributed by atoms with Crippen LogP contribution in [0.4, 0.5) is 4.79 Å². The molecule has 0 spiro atoms. The lowest BCUT2D eigenvalue weighted by Gasteiger charge is -2.17. The summed E-state index contributed by atoms with van der Waals surface area (Å²) in [7, 11) is 0. The molecule has 0 fully saturated rings. The largest absolute Gasteiger partial charge is 0.443 e. The first-order valence-corrected chi connectivity index (χ1v) is 6.66. The Hall–Kier alpha value is -2.86. The fourth-order valence-corrected chi connectivity index (χ4v) is 1.65. The summed E-state index contributed by atoms with van der Waals surface area (Å²) in [5, 5.41) is 0.681. The molecule has 0 heterocycles. The molecule has 0 atom stereocenters. The number of nitrogens with zero attached hydrogens (tertiary/aromatic N) is 1. The number of carbonyl (C=O) groups is 2. The van der Waals surface area contributed by atoms with Crippen LogP contribution >= 0.6 is 0 Å². The van der Waals surface area contributed by atoms with Gasteiger partial charge in [-0.05, 0) is 11.1 Å². The van der Waals surface area contributed by atoms with Crippen molar-refractivity contribution in [1.29, 1.82) is 0 Å². The number of amides is 2. The molecule has 0 unspecified atom stereocenters. The van der Waals surface area contributed by atoms with Gasteiger partial charge in [-0.2, -0.15) is 0 Å². The Bertz CT molecular complexity index is 590. The van der Waals surface area contributed by atoms with E-state index in [2.05, 4.69) is 5.43 Å². The third-order valence-corrected chi connectivity index (χ3v) is 2.72. The maximum atomic E-state index is 11.6. The van der Waals surface area contributed by atoms with Crippen molar-refractivity contribution >= 4 is 12.5 Å². The fraction of sp³-hybridized carbons (Fsp3) is 0.125. The summed E-state index contributed by atoms with van der Waals surface area (Å²) in [5.41, 5.74) is 3.91. The molecule has 1 N–H and O–H groups in total. The third kappa shape index (κ3) is 5.26. The number of ether oxygens (including phenoxy) is 1. The van der Waals surface area contributed by atoms with Gasteiger partial charge >= 0.3 is 6.09 Å². The highest BCUT2D eigenvalue weighted by molar-refractivity contribution is 5.68. The maximum Gasteiger partial charge on any atom is 0.428 e. The van der Waals surface area contributed by atoms with Gasteiger partial charge < -0.3 is 4.74 Å². The van der Waals surface area contributed by atoms with Gasteiger partial charge in [-0.25, -0.2) is 15.1 Å². The minimum absolute atomic E-state index is 0.109. The van der Waals surface area contributed by atoms with Crippen LogP contribution in [-0.2, 0) is 27.6 Å². The van der Waals surface area contributed by atoms with Crippen molar-refractivity contribution in [2.75, 3.05) is 0 Å². The van der Waals surface area contributed by atoms with E-state index in [1.54, 1.807) is 0 Å². The number of carbonyl (C=O) groups excluding carboxylic acids is 2. The van der Waals surface area contributed by atoms with Crippen LogP contribution in [0.3, 0.4) is 0 Å². The summed E-state index contributed by atoms with van der Waals surface area (Å²) < 4.78 is 4.98. The van der Waals surface area contributed by atoms with Crippen LogP contribution in [0.25, 0.3) is 0 Å². The lowest BCUT2D eigenvalue weighted by Crippen LogP contribution is -2.41. The molecule has 0 aromatic heterocycles. The van der Waals surface area contributed by atoms with Gasteiger partial charge in [-0.3, -0.25) is 4.79 Å². The molecular formula is C16H16N2O4. The second-order valence-corrected chi connectivity index (χ2v) is 4.36. The minimum atomic E-state index is -0.774. The Kier molecular flexibility index (Phi) is 5.95. The predicted octanol–water partition coefficient (Wildman–Crippen LogP) is 2.42. The molecule has 6 nitrogen and oxygen atoms in total. The van der Waals surface area contributed by atoms with Crippen molar-refractivity contribution in [2.24, 2.45) is 0 Å². The summed E-state index contributed by atoms with van der Waals surface area (Å²) in [6.45, 7) is 0.261. The standard InChI is InChI=1S/C16H16N2O4/c19-13-18(22-12-15-9-5-2-6-10-15)17-16(20)21-11-14-7-3-1-4-8-14/h1-10,13H,11-12H2,(H,17,20). The highest BCUT2D eigenvalue weighted by Crippen LogP contribution is 2.02. The van der Waals surface area contributed by atoms with E-state index in [0.717, 1.165) is 11.1 Å².